The number of unbranched alkanes of at least 4 members (excludes halogenated alkanes) is 4. The minimum atomic E-state index is -0.768. The van der Waals surface area contributed by atoms with Crippen LogP contribution in [0.25, 0.3) is 33.3 Å². The van der Waals surface area contributed by atoms with Gasteiger partial charge in [-0.15, -0.1) is 0 Å². The number of carboxylic acids is 2. The van der Waals surface area contributed by atoms with Crippen molar-refractivity contribution in [3.05, 3.63) is 54.6 Å². The summed E-state index contributed by atoms with van der Waals surface area (Å²) in [6.07, 6.45) is 4.96. The van der Waals surface area contributed by atoms with Gasteiger partial charge in [-0.2, -0.15) is 0 Å². The summed E-state index contributed by atoms with van der Waals surface area (Å²) in [6, 6.07) is 17.5. The number of hydrogen-bond acceptors (Lipinski definition) is 6. The summed E-state index contributed by atoms with van der Waals surface area (Å²) in [7, 11) is 0. The minimum absolute atomic E-state index is 0.189. The Morgan fingerprint density at radius 2 is 1.30 bits per heavy atom. The second kappa shape index (κ2) is 12.8. The van der Waals surface area contributed by atoms with Crippen LogP contribution in [0.1, 0.15) is 51.4 Å². The maximum atomic E-state index is 10.6. The lowest BCUT2D eigenvalue weighted by Gasteiger charge is -2.08. The average Bonchev–Trinajstić information content (AvgIpc) is 3.31. The van der Waals surface area contributed by atoms with Crippen molar-refractivity contribution in [2.75, 3.05) is 13.2 Å². The maximum absolute atomic E-state index is 10.6. The van der Waals surface area contributed by atoms with Crippen molar-refractivity contribution in [1.29, 1.82) is 0 Å². The molecular formula is C29H31NO7. The third-order valence-electron chi connectivity index (χ3n) is 6.03. The van der Waals surface area contributed by atoms with E-state index in [9.17, 15) is 9.59 Å². The second-order valence-electron chi connectivity index (χ2n) is 8.98. The molecule has 2 N–H and O–H groups in total. The molecule has 1 aromatic heterocycles. The number of aliphatic carboxylic acids is 2. The number of rotatable bonds is 15. The lowest BCUT2D eigenvalue weighted by atomic mass is 10.1. The number of nitrogens with zero attached hydrogens (tertiary/aromatic N) is 1. The highest BCUT2D eigenvalue weighted by Gasteiger charge is 2.11. The fourth-order valence-corrected chi connectivity index (χ4v) is 4.06. The third kappa shape index (κ3) is 7.70. The third-order valence-corrected chi connectivity index (χ3v) is 6.03. The summed E-state index contributed by atoms with van der Waals surface area (Å²) >= 11 is 0. The van der Waals surface area contributed by atoms with Crippen molar-refractivity contribution in [2.45, 2.75) is 51.4 Å². The fraction of sp³-hybridized carbons (Fsp3) is 0.345. The second-order valence-corrected chi connectivity index (χ2v) is 8.98. The molecule has 4 aromatic rings. The molecule has 4 rings (SSSR count). The van der Waals surface area contributed by atoms with Gasteiger partial charge in [-0.3, -0.25) is 9.59 Å². The van der Waals surface area contributed by atoms with Gasteiger partial charge in [0.1, 0.15) is 17.0 Å². The zero-order chi connectivity index (χ0) is 26.0. The van der Waals surface area contributed by atoms with E-state index >= 15 is 0 Å². The standard InChI is InChI=1S/C29H31NO7/c31-27(32)7-3-1-5-15-35-23-12-11-20-17-22(10-9-21(20)18-23)29-30-25-14-13-24(19-26(25)37-29)36-16-6-2-4-8-28(33)34/h9-14,17-19H,1-8,15-16H2,(H,31,32)(H,33,34). The van der Waals surface area contributed by atoms with E-state index < -0.39 is 11.9 Å². The summed E-state index contributed by atoms with van der Waals surface area (Å²) in [4.78, 5) is 25.8. The van der Waals surface area contributed by atoms with E-state index in [1.807, 2.05) is 54.6 Å². The van der Waals surface area contributed by atoms with E-state index in [-0.39, 0.29) is 12.8 Å². The molecular weight excluding hydrogens is 474 g/mol. The molecule has 37 heavy (non-hydrogen) atoms. The topological polar surface area (TPSA) is 119 Å². The van der Waals surface area contributed by atoms with Crippen LogP contribution in [0.3, 0.4) is 0 Å². The van der Waals surface area contributed by atoms with Gasteiger partial charge in [-0.25, -0.2) is 4.98 Å². The van der Waals surface area contributed by atoms with Crippen molar-refractivity contribution >= 4 is 33.8 Å². The molecule has 3 aromatic carbocycles. The summed E-state index contributed by atoms with van der Waals surface area (Å²) < 4.78 is 17.6. The highest BCUT2D eigenvalue weighted by molar-refractivity contribution is 5.88. The van der Waals surface area contributed by atoms with Crippen LogP contribution in [0.5, 0.6) is 11.5 Å². The molecule has 8 nitrogen and oxygen atoms in total. The predicted octanol–water partition coefficient (Wildman–Crippen LogP) is 6.70. The molecule has 0 aliphatic heterocycles. The lowest BCUT2D eigenvalue weighted by molar-refractivity contribution is -0.138. The molecule has 0 atom stereocenters. The number of carboxylic acid groups (broad SMARTS) is 2. The number of benzene rings is 3. The number of carbonyl (C=O) groups is 2. The van der Waals surface area contributed by atoms with Crippen molar-refractivity contribution in [3.63, 3.8) is 0 Å². The average molecular weight is 506 g/mol. The van der Waals surface area contributed by atoms with Gasteiger partial charge in [-0.05, 0) is 85.7 Å². The van der Waals surface area contributed by atoms with Crippen LogP contribution in [0.15, 0.2) is 59.0 Å². The van der Waals surface area contributed by atoms with Crippen LogP contribution in [-0.2, 0) is 9.59 Å². The SMILES string of the molecule is O=C(O)CCCCCOc1ccc2cc(-c3nc4ccc(OCCCCCC(=O)O)cc4o3)ccc2c1. The Balaban J connectivity index is 1.34. The summed E-state index contributed by atoms with van der Waals surface area (Å²) in [5.41, 5.74) is 2.26. The first-order valence-corrected chi connectivity index (χ1v) is 12.6. The number of fused-ring (bicyclic) bond motifs is 2. The minimum Gasteiger partial charge on any atom is -0.494 e. The van der Waals surface area contributed by atoms with Crippen LogP contribution in [0.2, 0.25) is 0 Å². The quantitative estimate of drug-likeness (QED) is 0.171. The monoisotopic (exact) mass is 505 g/mol. The van der Waals surface area contributed by atoms with Crippen molar-refractivity contribution in [2.24, 2.45) is 0 Å². The lowest BCUT2D eigenvalue weighted by Crippen LogP contribution is -1.99. The molecule has 0 spiro atoms. The normalized spacial score (nSPS) is 11.1. The summed E-state index contributed by atoms with van der Waals surface area (Å²) in [6.45, 7) is 1.08. The van der Waals surface area contributed by atoms with E-state index in [0.29, 0.717) is 43.3 Å². The Kier molecular flexibility index (Phi) is 8.97. The fourth-order valence-electron chi connectivity index (χ4n) is 4.06. The van der Waals surface area contributed by atoms with E-state index in [0.717, 1.165) is 53.3 Å². The predicted molar refractivity (Wildman–Crippen MR) is 140 cm³/mol. The van der Waals surface area contributed by atoms with Gasteiger partial charge >= 0.3 is 11.9 Å². The Morgan fingerprint density at radius 1 is 0.703 bits per heavy atom. The molecule has 0 bridgehead atoms. The Morgan fingerprint density at radius 3 is 1.97 bits per heavy atom. The van der Waals surface area contributed by atoms with Crippen LogP contribution in [-0.4, -0.2) is 40.3 Å². The van der Waals surface area contributed by atoms with Crippen LogP contribution in [0.4, 0.5) is 0 Å². The van der Waals surface area contributed by atoms with Gasteiger partial charge in [0.2, 0.25) is 5.89 Å². The molecule has 0 aliphatic carbocycles. The van der Waals surface area contributed by atoms with E-state index in [1.165, 1.54) is 0 Å². The van der Waals surface area contributed by atoms with Crippen LogP contribution < -0.4 is 9.47 Å². The van der Waals surface area contributed by atoms with E-state index in [1.54, 1.807) is 0 Å². The smallest absolute Gasteiger partial charge is 0.303 e. The molecule has 0 aliphatic rings. The van der Waals surface area contributed by atoms with Gasteiger partial charge in [0, 0.05) is 24.5 Å². The van der Waals surface area contributed by atoms with Crippen molar-refractivity contribution < 1.29 is 33.7 Å². The van der Waals surface area contributed by atoms with Crippen LogP contribution >= 0.6 is 0 Å². The Hall–Kier alpha value is -4.07. The molecule has 0 radical (unpaired) electrons. The van der Waals surface area contributed by atoms with Crippen molar-refractivity contribution in [1.82, 2.24) is 4.98 Å². The first kappa shape index (κ1) is 26.0. The molecule has 1 heterocycles. The Bertz CT molecular complexity index is 1360. The molecule has 194 valence electrons. The maximum Gasteiger partial charge on any atom is 0.303 e. The number of aromatic nitrogens is 1. The highest BCUT2D eigenvalue weighted by atomic mass is 16.5. The van der Waals surface area contributed by atoms with Gasteiger partial charge < -0.3 is 24.1 Å². The molecule has 0 saturated heterocycles. The van der Waals surface area contributed by atoms with E-state index in [4.69, 9.17) is 24.1 Å². The zero-order valence-electron chi connectivity index (χ0n) is 20.7. The molecule has 0 fully saturated rings. The number of ether oxygens (including phenoxy) is 2. The number of oxazole rings is 1. The molecule has 8 heteroatoms. The summed E-state index contributed by atoms with van der Waals surface area (Å²) in [5, 5.41) is 19.5. The number of hydrogen-bond donors (Lipinski definition) is 2. The largest absolute Gasteiger partial charge is 0.494 e. The van der Waals surface area contributed by atoms with Gasteiger partial charge in [-0.1, -0.05) is 12.1 Å². The zero-order valence-corrected chi connectivity index (χ0v) is 20.7. The first-order chi connectivity index (χ1) is 18.0. The molecule has 0 amide bonds. The molecule has 0 unspecified atom stereocenters. The van der Waals surface area contributed by atoms with Gasteiger partial charge in [0.25, 0.3) is 0 Å². The first-order valence-electron chi connectivity index (χ1n) is 12.6. The van der Waals surface area contributed by atoms with Crippen molar-refractivity contribution in [3.8, 4) is 23.0 Å². The van der Waals surface area contributed by atoms with Gasteiger partial charge in [0.15, 0.2) is 5.58 Å². The van der Waals surface area contributed by atoms with Crippen LogP contribution in [0, 0.1) is 0 Å². The molecule has 0 saturated carbocycles. The van der Waals surface area contributed by atoms with E-state index in [2.05, 4.69) is 4.98 Å². The van der Waals surface area contributed by atoms with Gasteiger partial charge in [0.05, 0.1) is 13.2 Å². The highest BCUT2D eigenvalue weighted by Crippen LogP contribution is 2.30. The Labute approximate surface area is 214 Å². The summed E-state index contributed by atoms with van der Waals surface area (Å²) in [5.74, 6) is 0.487.